The molecule has 4 amide bonds. The summed E-state index contributed by atoms with van der Waals surface area (Å²) in [7, 11) is 0. The molecule has 2 unspecified atom stereocenters. The van der Waals surface area contributed by atoms with Crippen LogP contribution in [0.25, 0.3) is 0 Å². The fourth-order valence-electron chi connectivity index (χ4n) is 4.51. The van der Waals surface area contributed by atoms with Gasteiger partial charge in [0.15, 0.2) is 0 Å². The Morgan fingerprint density at radius 3 is 2.37 bits per heavy atom. The zero-order valence-electron chi connectivity index (χ0n) is 23.9. The van der Waals surface area contributed by atoms with Crippen molar-refractivity contribution in [2.24, 2.45) is 5.73 Å². The Bertz CT molecular complexity index is 984. The van der Waals surface area contributed by atoms with Crippen LogP contribution in [0.3, 0.4) is 0 Å². The summed E-state index contributed by atoms with van der Waals surface area (Å²) in [4.78, 5) is 53.9. The molecule has 212 valence electrons. The van der Waals surface area contributed by atoms with Gasteiger partial charge in [0.2, 0.25) is 17.7 Å². The van der Waals surface area contributed by atoms with Crippen molar-refractivity contribution in [2.75, 3.05) is 6.54 Å². The van der Waals surface area contributed by atoms with E-state index in [2.05, 4.69) is 17.6 Å². The van der Waals surface area contributed by atoms with Crippen LogP contribution in [0, 0.1) is 13.8 Å². The van der Waals surface area contributed by atoms with Crippen LogP contribution in [-0.4, -0.2) is 52.9 Å². The first kappa shape index (κ1) is 31.1. The zero-order valence-corrected chi connectivity index (χ0v) is 23.9. The molecule has 1 aliphatic carbocycles. The topological polar surface area (TPSA) is 131 Å². The number of unbranched alkanes of at least 4 members (excludes halogenated alkanes) is 2. The summed E-state index contributed by atoms with van der Waals surface area (Å²) in [5.41, 5.74) is 7.25. The summed E-state index contributed by atoms with van der Waals surface area (Å²) < 4.78 is 5.39. The van der Waals surface area contributed by atoms with Crippen LogP contribution in [-0.2, 0) is 19.1 Å². The summed E-state index contributed by atoms with van der Waals surface area (Å²) in [6, 6.07) is 3.78. The van der Waals surface area contributed by atoms with Crippen LogP contribution in [0.2, 0.25) is 0 Å². The van der Waals surface area contributed by atoms with Gasteiger partial charge in [0.1, 0.15) is 17.7 Å². The lowest BCUT2D eigenvalue weighted by atomic mass is 9.86. The first-order valence-electron chi connectivity index (χ1n) is 13.8. The predicted octanol–water partition coefficient (Wildman–Crippen LogP) is 4.19. The van der Waals surface area contributed by atoms with E-state index >= 15 is 0 Å². The fraction of sp³-hybridized carbons (Fsp3) is 0.655. The quantitative estimate of drug-likeness (QED) is 0.329. The summed E-state index contributed by atoms with van der Waals surface area (Å²) in [6.07, 6.45) is 4.47. The Morgan fingerprint density at radius 1 is 1.13 bits per heavy atom. The normalized spacial score (nSPS) is 15.1. The number of amides is 4. The molecular weight excluding hydrogens is 484 g/mol. The highest BCUT2D eigenvalue weighted by atomic mass is 16.6. The number of ether oxygens (including phenoxy) is 1. The third-order valence-electron chi connectivity index (χ3n) is 6.73. The second-order valence-corrected chi connectivity index (χ2v) is 11.3. The minimum atomic E-state index is -1.07. The number of carbonyl (C=O) groups is 4. The van der Waals surface area contributed by atoms with Crippen LogP contribution in [0.4, 0.5) is 4.79 Å². The molecular formula is C29H46N4O5. The Hall–Kier alpha value is -3.10. The predicted molar refractivity (Wildman–Crippen MR) is 147 cm³/mol. The van der Waals surface area contributed by atoms with Gasteiger partial charge in [-0.25, -0.2) is 4.79 Å². The highest BCUT2D eigenvalue weighted by Crippen LogP contribution is 2.35. The van der Waals surface area contributed by atoms with Gasteiger partial charge in [-0.2, -0.15) is 0 Å². The molecule has 1 saturated carbocycles. The Labute approximate surface area is 227 Å². The van der Waals surface area contributed by atoms with Crippen molar-refractivity contribution in [1.29, 1.82) is 0 Å². The van der Waals surface area contributed by atoms with Crippen molar-refractivity contribution in [3.63, 3.8) is 0 Å². The standard InChI is InChI=1S/C29H46N4O5/c1-7-8-9-17-31-26(35)25(22-18-19(2)13-14-20(22)3)33(21-11-10-12-21)27(36)23(15-16-24(30)34)32-28(37)38-29(4,5)6/h13-14,18,21,23,25H,7-12,15-17H2,1-6H3,(H2,30,34)(H,31,35)(H,32,37). The minimum Gasteiger partial charge on any atom is -0.444 e. The van der Waals surface area contributed by atoms with Crippen molar-refractivity contribution < 1.29 is 23.9 Å². The molecule has 4 N–H and O–H groups in total. The number of alkyl carbamates (subject to hydrolysis) is 1. The molecule has 1 aliphatic rings. The lowest BCUT2D eigenvalue weighted by Crippen LogP contribution is -2.57. The monoisotopic (exact) mass is 530 g/mol. The van der Waals surface area contributed by atoms with E-state index in [0.717, 1.165) is 55.2 Å². The molecule has 0 radical (unpaired) electrons. The van der Waals surface area contributed by atoms with Crippen molar-refractivity contribution >= 4 is 23.8 Å². The summed E-state index contributed by atoms with van der Waals surface area (Å²) in [5, 5.41) is 5.69. The van der Waals surface area contributed by atoms with E-state index in [1.165, 1.54) is 0 Å². The van der Waals surface area contributed by atoms with E-state index in [1.54, 1.807) is 25.7 Å². The number of nitrogens with one attached hydrogen (secondary N) is 2. The molecule has 0 aromatic heterocycles. The molecule has 1 aromatic carbocycles. The summed E-state index contributed by atoms with van der Waals surface area (Å²) in [5.74, 6) is -1.25. The van der Waals surface area contributed by atoms with E-state index in [4.69, 9.17) is 10.5 Å². The number of aryl methyl sites for hydroxylation is 2. The number of nitrogens with two attached hydrogens (primary N) is 1. The first-order valence-corrected chi connectivity index (χ1v) is 13.8. The smallest absolute Gasteiger partial charge is 0.408 e. The molecule has 0 spiro atoms. The lowest BCUT2D eigenvalue weighted by Gasteiger charge is -2.44. The summed E-state index contributed by atoms with van der Waals surface area (Å²) >= 11 is 0. The number of hydrogen-bond acceptors (Lipinski definition) is 5. The maximum absolute atomic E-state index is 14.2. The van der Waals surface area contributed by atoms with E-state index in [9.17, 15) is 19.2 Å². The average molecular weight is 531 g/mol. The molecule has 1 aromatic rings. The third-order valence-corrected chi connectivity index (χ3v) is 6.73. The number of primary amides is 1. The van der Waals surface area contributed by atoms with E-state index < -0.39 is 35.6 Å². The lowest BCUT2D eigenvalue weighted by molar-refractivity contribution is -0.147. The van der Waals surface area contributed by atoms with E-state index in [-0.39, 0.29) is 24.8 Å². The maximum atomic E-state index is 14.2. The van der Waals surface area contributed by atoms with Gasteiger partial charge in [-0.05, 0) is 77.8 Å². The Balaban J connectivity index is 2.49. The minimum absolute atomic E-state index is 0.00820. The highest BCUT2D eigenvalue weighted by Gasteiger charge is 2.42. The molecule has 0 saturated heterocycles. The third kappa shape index (κ3) is 9.33. The van der Waals surface area contributed by atoms with Crippen LogP contribution in [0.1, 0.15) is 102 Å². The fourth-order valence-corrected chi connectivity index (χ4v) is 4.51. The summed E-state index contributed by atoms with van der Waals surface area (Å²) in [6.45, 7) is 11.7. The molecule has 38 heavy (non-hydrogen) atoms. The van der Waals surface area contributed by atoms with Crippen LogP contribution in [0.15, 0.2) is 18.2 Å². The van der Waals surface area contributed by atoms with Gasteiger partial charge in [0.25, 0.3) is 0 Å². The van der Waals surface area contributed by atoms with Crippen LogP contribution >= 0.6 is 0 Å². The van der Waals surface area contributed by atoms with Gasteiger partial charge in [-0.3, -0.25) is 14.4 Å². The number of nitrogens with zero attached hydrogens (tertiary/aromatic N) is 1. The van der Waals surface area contributed by atoms with E-state index in [1.807, 2.05) is 32.0 Å². The molecule has 0 bridgehead atoms. The Kier molecular flexibility index (Phi) is 11.6. The van der Waals surface area contributed by atoms with Gasteiger partial charge in [-0.1, -0.05) is 43.5 Å². The van der Waals surface area contributed by atoms with Crippen molar-refractivity contribution in [2.45, 2.75) is 117 Å². The number of benzene rings is 1. The Morgan fingerprint density at radius 2 is 1.82 bits per heavy atom. The van der Waals surface area contributed by atoms with Crippen molar-refractivity contribution in [3.05, 3.63) is 34.9 Å². The van der Waals surface area contributed by atoms with Gasteiger partial charge in [0.05, 0.1) is 0 Å². The molecule has 2 atom stereocenters. The van der Waals surface area contributed by atoms with Gasteiger partial charge in [0, 0.05) is 19.0 Å². The van der Waals surface area contributed by atoms with E-state index in [0.29, 0.717) is 6.54 Å². The second-order valence-electron chi connectivity index (χ2n) is 11.3. The largest absolute Gasteiger partial charge is 0.444 e. The molecule has 0 heterocycles. The molecule has 1 fully saturated rings. The highest BCUT2D eigenvalue weighted by molar-refractivity contribution is 5.93. The zero-order chi connectivity index (χ0) is 28.5. The van der Waals surface area contributed by atoms with Crippen molar-refractivity contribution in [1.82, 2.24) is 15.5 Å². The first-order chi connectivity index (χ1) is 17.8. The molecule has 9 nitrogen and oxygen atoms in total. The van der Waals surface area contributed by atoms with Crippen LogP contribution < -0.4 is 16.4 Å². The van der Waals surface area contributed by atoms with Crippen molar-refractivity contribution in [3.8, 4) is 0 Å². The second kappa shape index (κ2) is 14.2. The number of hydrogen-bond donors (Lipinski definition) is 3. The number of carbonyl (C=O) groups excluding carboxylic acids is 4. The number of rotatable bonds is 13. The van der Waals surface area contributed by atoms with Gasteiger partial charge in [-0.15, -0.1) is 0 Å². The molecule has 9 heteroatoms. The van der Waals surface area contributed by atoms with Gasteiger partial charge < -0.3 is 26.0 Å². The average Bonchev–Trinajstić information content (AvgIpc) is 2.78. The maximum Gasteiger partial charge on any atom is 0.408 e. The van der Waals surface area contributed by atoms with Gasteiger partial charge >= 0.3 is 6.09 Å². The molecule has 2 rings (SSSR count). The SMILES string of the molecule is CCCCCNC(=O)C(c1cc(C)ccc1C)N(C(=O)C(CCC(N)=O)NC(=O)OC(C)(C)C)C1CCC1. The molecule has 0 aliphatic heterocycles. The van der Waals surface area contributed by atoms with Crippen LogP contribution in [0.5, 0.6) is 0 Å².